The first kappa shape index (κ1) is 23.9. The van der Waals surface area contributed by atoms with Gasteiger partial charge in [0, 0.05) is 11.8 Å². The van der Waals surface area contributed by atoms with Crippen molar-refractivity contribution in [2.45, 2.75) is 116 Å². The van der Waals surface area contributed by atoms with E-state index in [9.17, 15) is 4.79 Å². The summed E-state index contributed by atoms with van der Waals surface area (Å²) in [6.45, 7) is 2.87. The first-order chi connectivity index (χ1) is 11.8. The molecule has 0 aliphatic heterocycles. The summed E-state index contributed by atoms with van der Waals surface area (Å²) >= 11 is 3.47. The maximum absolute atomic E-state index is 11.6. The summed E-state index contributed by atoms with van der Waals surface area (Å²) in [7, 11) is 0. The van der Waals surface area contributed by atoms with Crippen molar-refractivity contribution >= 4 is 21.9 Å². The lowest BCUT2D eigenvalue weighted by molar-refractivity contribution is -0.143. The van der Waals surface area contributed by atoms with Crippen LogP contribution in [0.5, 0.6) is 0 Å². The van der Waals surface area contributed by atoms with Crippen molar-refractivity contribution < 1.29 is 9.53 Å². The molecule has 0 saturated carbocycles. The van der Waals surface area contributed by atoms with Crippen LogP contribution in [-0.4, -0.2) is 17.9 Å². The van der Waals surface area contributed by atoms with Gasteiger partial charge in [0.05, 0.1) is 6.61 Å². The Morgan fingerprint density at radius 1 is 0.667 bits per heavy atom. The summed E-state index contributed by atoms with van der Waals surface area (Å²) in [6, 6.07) is 0. The lowest BCUT2D eigenvalue weighted by Gasteiger charge is -2.05. The summed E-state index contributed by atoms with van der Waals surface area (Å²) in [4.78, 5) is 11.6. The number of carbonyl (C=O) groups is 1. The number of esters is 1. The van der Waals surface area contributed by atoms with Crippen LogP contribution in [0.2, 0.25) is 0 Å². The lowest BCUT2D eigenvalue weighted by Crippen LogP contribution is -2.05. The number of carbonyl (C=O) groups excluding carboxylic acids is 1. The molecule has 0 heterocycles. The number of halogens is 1. The second-order valence-electron chi connectivity index (χ2n) is 6.96. The molecule has 0 spiro atoms. The van der Waals surface area contributed by atoms with Crippen molar-refractivity contribution in [2.24, 2.45) is 0 Å². The molecule has 0 aliphatic rings. The van der Waals surface area contributed by atoms with Crippen LogP contribution in [0, 0.1) is 0 Å². The second kappa shape index (κ2) is 21.0. The number of hydrogen-bond donors (Lipinski definition) is 0. The van der Waals surface area contributed by atoms with E-state index in [0.717, 1.165) is 18.2 Å². The molecule has 0 aliphatic carbocycles. The molecule has 0 aromatic rings. The van der Waals surface area contributed by atoms with Gasteiger partial charge in [0.25, 0.3) is 0 Å². The zero-order valence-electron chi connectivity index (χ0n) is 16.1. The van der Waals surface area contributed by atoms with E-state index in [0.29, 0.717) is 13.0 Å². The quantitative estimate of drug-likeness (QED) is 0.126. The Morgan fingerprint density at radius 2 is 1.12 bits per heavy atom. The Kier molecular flexibility index (Phi) is 20.9. The second-order valence-corrected chi connectivity index (χ2v) is 7.76. The van der Waals surface area contributed by atoms with Crippen molar-refractivity contribution in [1.29, 1.82) is 0 Å². The molecule has 3 heteroatoms. The van der Waals surface area contributed by atoms with Crippen molar-refractivity contribution in [1.82, 2.24) is 0 Å². The molecule has 144 valence electrons. The van der Waals surface area contributed by atoms with Crippen LogP contribution in [0.4, 0.5) is 0 Å². The van der Waals surface area contributed by atoms with Crippen LogP contribution in [0.15, 0.2) is 0 Å². The summed E-state index contributed by atoms with van der Waals surface area (Å²) in [5.74, 6) is 0.00996. The Hall–Kier alpha value is -0.0500. The Labute approximate surface area is 159 Å². The van der Waals surface area contributed by atoms with Crippen LogP contribution in [0.25, 0.3) is 0 Å². The van der Waals surface area contributed by atoms with Crippen LogP contribution >= 0.6 is 15.9 Å². The zero-order valence-corrected chi connectivity index (χ0v) is 17.7. The first-order valence-corrected chi connectivity index (χ1v) is 11.6. The minimum absolute atomic E-state index is 0.00996. The van der Waals surface area contributed by atoms with Crippen LogP contribution in [0.3, 0.4) is 0 Å². The Bertz CT molecular complexity index is 256. The largest absolute Gasteiger partial charge is 0.466 e. The average Bonchev–Trinajstić information content (AvgIpc) is 2.59. The van der Waals surface area contributed by atoms with Gasteiger partial charge in [-0.25, -0.2) is 0 Å². The number of alkyl halides is 1. The third-order valence-corrected chi connectivity index (χ3v) is 5.09. The van der Waals surface area contributed by atoms with E-state index in [4.69, 9.17) is 4.74 Å². The zero-order chi connectivity index (χ0) is 17.7. The highest BCUT2D eigenvalue weighted by Crippen LogP contribution is 2.11. The van der Waals surface area contributed by atoms with Gasteiger partial charge in [-0.05, 0) is 19.3 Å². The van der Waals surface area contributed by atoms with Crippen LogP contribution < -0.4 is 0 Å². The van der Waals surface area contributed by atoms with Gasteiger partial charge in [-0.15, -0.1) is 0 Å². The summed E-state index contributed by atoms with van der Waals surface area (Å²) in [5.41, 5.74) is 0. The smallest absolute Gasteiger partial charge is 0.305 e. The van der Waals surface area contributed by atoms with Gasteiger partial charge in [-0.1, -0.05) is 106 Å². The van der Waals surface area contributed by atoms with E-state index in [1.165, 1.54) is 89.9 Å². The van der Waals surface area contributed by atoms with Crippen LogP contribution in [0.1, 0.15) is 116 Å². The van der Waals surface area contributed by atoms with E-state index in [1.807, 2.05) is 0 Å². The van der Waals surface area contributed by atoms with Gasteiger partial charge >= 0.3 is 5.97 Å². The third-order valence-electron chi connectivity index (χ3n) is 4.53. The SMILES string of the molecule is CCCCCCCCCOC(=O)CCCCCCCCCCCBr. The predicted molar refractivity (Wildman–Crippen MR) is 109 cm³/mol. The highest BCUT2D eigenvalue weighted by Gasteiger charge is 2.02. The van der Waals surface area contributed by atoms with Gasteiger partial charge < -0.3 is 4.74 Å². The monoisotopic (exact) mass is 404 g/mol. The van der Waals surface area contributed by atoms with E-state index >= 15 is 0 Å². The van der Waals surface area contributed by atoms with Gasteiger partial charge in [-0.3, -0.25) is 4.79 Å². The molecule has 0 atom stereocenters. The minimum atomic E-state index is 0.00996. The molecule has 0 aromatic carbocycles. The number of hydrogen-bond acceptors (Lipinski definition) is 2. The van der Waals surface area contributed by atoms with Crippen molar-refractivity contribution in [3.63, 3.8) is 0 Å². The van der Waals surface area contributed by atoms with Crippen molar-refractivity contribution in [2.75, 3.05) is 11.9 Å². The van der Waals surface area contributed by atoms with Gasteiger partial charge in [0.1, 0.15) is 0 Å². The Morgan fingerprint density at radius 3 is 1.67 bits per heavy atom. The highest BCUT2D eigenvalue weighted by molar-refractivity contribution is 9.09. The summed E-state index contributed by atoms with van der Waals surface area (Å²) in [5, 5.41) is 1.14. The van der Waals surface area contributed by atoms with Crippen molar-refractivity contribution in [3.05, 3.63) is 0 Å². The van der Waals surface area contributed by atoms with Crippen molar-refractivity contribution in [3.8, 4) is 0 Å². The number of rotatable bonds is 19. The molecular formula is C21H41BrO2. The molecule has 0 amide bonds. The normalized spacial score (nSPS) is 10.9. The fraction of sp³-hybridized carbons (Fsp3) is 0.952. The molecule has 0 N–H and O–H groups in total. The summed E-state index contributed by atoms with van der Waals surface area (Å²) in [6.07, 6.45) is 21.0. The van der Waals surface area contributed by atoms with E-state index < -0.39 is 0 Å². The van der Waals surface area contributed by atoms with E-state index in [-0.39, 0.29) is 5.97 Å². The Balaban J connectivity index is 3.13. The van der Waals surface area contributed by atoms with E-state index in [2.05, 4.69) is 22.9 Å². The average molecular weight is 405 g/mol. The fourth-order valence-electron chi connectivity index (χ4n) is 2.92. The predicted octanol–water partition coefficient (Wildman–Crippen LogP) is 7.58. The van der Waals surface area contributed by atoms with Gasteiger partial charge in [-0.2, -0.15) is 0 Å². The molecule has 0 fully saturated rings. The molecule has 24 heavy (non-hydrogen) atoms. The molecule has 0 aromatic heterocycles. The highest BCUT2D eigenvalue weighted by atomic mass is 79.9. The molecule has 0 bridgehead atoms. The maximum atomic E-state index is 11.6. The number of unbranched alkanes of at least 4 members (excludes halogenated alkanes) is 14. The molecule has 0 saturated heterocycles. The molecule has 0 radical (unpaired) electrons. The third kappa shape index (κ3) is 20.0. The van der Waals surface area contributed by atoms with Gasteiger partial charge in [0.2, 0.25) is 0 Å². The standard InChI is InChI=1S/C21H41BrO2/c1-2-3-4-5-11-14-17-20-24-21(23)18-15-12-9-7-6-8-10-13-16-19-22/h2-20H2,1H3. The topological polar surface area (TPSA) is 26.3 Å². The van der Waals surface area contributed by atoms with Crippen LogP contribution in [-0.2, 0) is 9.53 Å². The summed E-state index contributed by atoms with van der Waals surface area (Å²) < 4.78 is 5.31. The maximum Gasteiger partial charge on any atom is 0.305 e. The molecule has 0 rings (SSSR count). The van der Waals surface area contributed by atoms with Gasteiger partial charge in [0.15, 0.2) is 0 Å². The number of ether oxygens (including phenoxy) is 1. The lowest BCUT2D eigenvalue weighted by atomic mass is 10.1. The molecule has 0 unspecified atom stereocenters. The van der Waals surface area contributed by atoms with E-state index in [1.54, 1.807) is 0 Å². The molecular weight excluding hydrogens is 364 g/mol. The fourth-order valence-corrected chi connectivity index (χ4v) is 3.32. The first-order valence-electron chi connectivity index (χ1n) is 10.5. The molecule has 2 nitrogen and oxygen atoms in total. The minimum Gasteiger partial charge on any atom is -0.466 e.